The maximum atomic E-state index is 14.6. The van der Waals surface area contributed by atoms with E-state index in [4.69, 9.17) is 23.3 Å². The van der Waals surface area contributed by atoms with Crippen molar-refractivity contribution in [1.82, 2.24) is 20.2 Å². The maximum absolute atomic E-state index is 14.6. The molecule has 0 saturated carbocycles. The summed E-state index contributed by atoms with van der Waals surface area (Å²) in [5.41, 5.74) is 3.27. The SMILES string of the molecule is Cc1nn(Cc2c(C#N)ccnc2Cl)c2cc(C(F)(F)/C(=N/N)NN)ccc12. The van der Waals surface area contributed by atoms with Gasteiger partial charge in [0.25, 0.3) is 0 Å². The van der Waals surface area contributed by atoms with Gasteiger partial charge in [-0.1, -0.05) is 23.7 Å². The van der Waals surface area contributed by atoms with Gasteiger partial charge in [0.2, 0.25) is 5.84 Å². The lowest BCUT2D eigenvalue weighted by Gasteiger charge is -2.18. The molecule has 0 aliphatic rings. The molecule has 5 N–H and O–H groups in total. The Hall–Kier alpha value is -3.29. The predicted molar refractivity (Wildman–Crippen MR) is 100 cm³/mol. The van der Waals surface area contributed by atoms with Crippen LogP contribution in [0, 0.1) is 18.3 Å². The number of nitrogens with one attached hydrogen (secondary N) is 1. The molecule has 3 rings (SSSR count). The zero-order valence-electron chi connectivity index (χ0n) is 14.6. The number of amidine groups is 1. The van der Waals surface area contributed by atoms with E-state index in [2.05, 4.69) is 15.2 Å². The lowest BCUT2D eigenvalue weighted by molar-refractivity contribution is 0.0714. The summed E-state index contributed by atoms with van der Waals surface area (Å²) in [5.74, 6) is 5.68. The van der Waals surface area contributed by atoms with Crippen LogP contribution in [-0.2, 0) is 12.5 Å². The summed E-state index contributed by atoms with van der Waals surface area (Å²) in [6.07, 6.45) is 1.42. The number of hydrazone groups is 1. The first-order chi connectivity index (χ1) is 13.3. The first-order valence-corrected chi connectivity index (χ1v) is 8.35. The number of hydrogen-bond donors (Lipinski definition) is 3. The van der Waals surface area contributed by atoms with Gasteiger partial charge in [0.15, 0.2) is 0 Å². The zero-order valence-corrected chi connectivity index (χ0v) is 15.4. The van der Waals surface area contributed by atoms with E-state index < -0.39 is 11.8 Å². The Bertz CT molecular complexity index is 1120. The van der Waals surface area contributed by atoms with Gasteiger partial charge >= 0.3 is 5.92 Å². The summed E-state index contributed by atoms with van der Waals surface area (Å²) >= 11 is 6.12. The third kappa shape index (κ3) is 3.21. The van der Waals surface area contributed by atoms with Gasteiger partial charge in [-0.15, -0.1) is 0 Å². The van der Waals surface area contributed by atoms with Crippen molar-refractivity contribution < 1.29 is 8.78 Å². The first-order valence-electron chi connectivity index (χ1n) is 7.97. The van der Waals surface area contributed by atoms with Crippen molar-refractivity contribution in [1.29, 1.82) is 5.26 Å². The molecule has 0 spiro atoms. The van der Waals surface area contributed by atoms with Gasteiger partial charge in [-0.25, -0.2) is 10.8 Å². The van der Waals surface area contributed by atoms with Crippen molar-refractivity contribution in [3.05, 3.63) is 58.0 Å². The second kappa shape index (κ2) is 7.38. The van der Waals surface area contributed by atoms with E-state index in [1.165, 1.54) is 35.1 Å². The number of pyridine rings is 1. The predicted octanol–water partition coefficient (Wildman–Crippen LogP) is 2.14. The average Bonchev–Trinajstić information content (AvgIpc) is 2.99. The number of rotatable bonds is 4. The zero-order chi connectivity index (χ0) is 20.5. The molecule has 0 amide bonds. The summed E-state index contributed by atoms with van der Waals surface area (Å²) in [5, 5.41) is 17.5. The Kier molecular flexibility index (Phi) is 5.13. The normalized spacial score (nSPS) is 12.2. The largest absolute Gasteiger partial charge is 0.332 e. The Labute approximate surface area is 163 Å². The van der Waals surface area contributed by atoms with Gasteiger partial charge in [0.05, 0.1) is 29.4 Å². The van der Waals surface area contributed by atoms with Crippen LogP contribution >= 0.6 is 11.6 Å². The van der Waals surface area contributed by atoms with E-state index in [0.717, 1.165) is 0 Å². The minimum atomic E-state index is -3.54. The number of halogens is 3. The number of hydrogen-bond acceptors (Lipinski definition) is 6. The molecule has 0 radical (unpaired) electrons. The Morgan fingerprint density at radius 2 is 2.18 bits per heavy atom. The highest BCUT2D eigenvalue weighted by Crippen LogP contribution is 2.32. The summed E-state index contributed by atoms with van der Waals surface area (Å²) < 4.78 is 30.8. The number of nitrogens with zero attached hydrogens (tertiary/aromatic N) is 5. The van der Waals surface area contributed by atoms with Crippen LogP contribution in [0.25, 0.3) is 10.9 Å². The van der Waals surface area contributed by atoms with Crippen molar-refractivity contribution in [2.75, 3.05) is 0 Å². The molecule has 0 saturated heterocycles. The number of nitriles is 1. The van der Waals surface area contributed by atoms with E-state index in [-0.39, 0.29) is 17.3 Å². The van der Waals surface area contributed by atoms with Gasteiger partial charge < -0.3 is 11.3 Å². The van der Waals surface area contributed by atoms with E-state index >= 15 is 0 Å². The Morgan fingerprint density at radius 3 is 2.82 bits per heavy atom. The van der Waals surface area contributed by atoms with Crippen molar-refractivity contribution in [3.63, 3.8) is 0 Å². The Balaban J connectivity index is 2.15. The van der Waals surface area contributed by atoms with E-state index in [1.54, 1.807) is 6.92 Å². The molecule has 0 fully saturated rings. The molecule has 28 heavy (non-hydrogen) atoms. The van der Waals surface area contributed by atoms with Crippen molar-refractivity contribution in [3.8, 4) is 6.07 Å². The molecule has 0 atom stereocenters. The van der Waals surface area contributed by atoms with Crippen LogP contribution in [0.15, 0.2) is 35.6 Å². The van der Waals surface area contributed by atoms with Crippen molar-refractivity contribution >= 4 is 28.3 Å². The smallest absolute Gasteiger partial charge is 0.321 e. The second-order valence-corrected chi connectivity index (χ2v) is 6.27. The molecule has 11 heteroatoms. The lowest BCUT2D eigenvalue weighted by Crippen LogP contribution is -2.43. The van der Waals surface area contributed by atoms with Crippen LogP contribution in [0.3, 0.4) is 0 Å². The van der Waals surface area contributed by atoms with Gasteiger partial charge in [-0.05, 0) is 19.1 Å². The summed E-state index contributed by atoms with van der Waals surface area (Å²) in [7, 11) is 0. The minimum Gasteiger partial charge on any atom is -0.321 e. The molecular formula is C17H15ClF2N8. The molecular weight excluding hydrogens is 390 g/mol. The Morgan fingerprint density at radius 1 is 1.43 bits per heavy atom. The molecule has 0 bridgehead atoms. The third-order valence-corrected chi connectivity index (χ3v) is 4.62. The molecule has 144 valence electrons. The van der Waals surface area contributed by atoms with Crippen LogP contribution in [-0.4, -0.2) is 20.6 Å². The molecule has 2 heterocycles. The van der Waals surface area contributed by atoms with Crippen molar-refractivity contribution in [2.24, 2.45) is 16.8 Å². The summed E-state index contributed by atoms with van der Waals surface area (Å²) in [6, 6.07) is 7.61. The monoisotopic (exact) mass is 404 g/mol. The van der Waals surface area contributed by atoms with Gasteiger partial charge in [-0.3, -0.25) is 4.68 Å². The molecule has 1 aromatic carbocycles. The van der Waals surface area contributed by atoms with Crippen LogP contribution in [0.5, 0.6) is 0 Å². The minimum absolute atomic E-state index is 0.0852. The third-order valence-electron chi connectivity index (χ3n) is 4.29. The number of nitrogens with two attached hydrogens (primary N) is 2. The van der Waals surface area contributed by atoms with E-state index in [0.29, 0.717) is 27.7 Å². The highest BCUT2D eigenvalue weighted by molar-refractivity contribution is 6.30. The van der Waals surface area contributed by atoms with Crippen LogP contribution < -0.4 is 17.1 Å². The fraction of sp³-hybridized carbons (Fsp3) is 0.176. The molecule has 3 aromatic rings. The fourth-order valence-corrected chi connectivity index (χ4v) is 3.09. The van der Waals surface area contributed by atoms with Crippen LogP contribution in [0.1, 0.15) is 22.4 Å². The summed E-state index contributed by atoms with van der Waals surface area (Å²) in [6.45, 7) is 1.84. The first kappa shape index (κ1) is 19.5. The quantitative estimate of drug-likeness (QED) is 0.201. The molecule has 8 nitrogen and oxygen atoms in total. The molecule has 0 aliphatic carbocycles. The number of aromatic nitrogens is 3. The number of fused-ring (bicyclic) bond motifs is 1. The fourth-order valence-electron chi connectivity index (χ4n) is 2.87. The van der Waals surface area contributed by atoms with E-state index in [9.17, 15) is 14.0 Å². The summed E-state index contributed by atoms with van der Waals surface area (Å²) in [4.78, 5) is 3.97. The van der Waals surface area contributed by atoms with Gasteiger partial charge in [-0.2, -0.15) is 24.2 Å². The lowest BCUT2D eigenvalue weighted by atomic mass is 10.0. The van der Waals surface area contributed by atoms with Crippen molar-refractivity contribution in [2.45, 2.75) is 19.4 Å². The molecule has 0 aliphatic heterocycles. The number of aryl methyl sites for hydroxylation is 1. The molecule has 2 aromatic heterocycles. The number of benzene rings is 1. The van der Waals surface area contributed by atoms with Crippen LogP contribution in [0.2, 0.25) is 5.15 Å². The second-order valence-electron chi connectivity index (χ2n) is 5.91. The standard InChI is InChI=1S/C17H15ClF2N8/c1-9-12-3-2-11(17(19,20)16(25-22)26-23)6-14(12)28(27-9)8-13-10(7-21)4-5-24-15(13)18/h2-6H,8,22-23H2,1H3,(H,25,26). The van der Waals surface area contributed by atoms with Gasteiger partial charge in [0.1, 0.15) is 5.15 Å². The van der Waals surface area contributed by atoms with Crippen LogP contribution in [0.4, 0.5) is 8.78 Å². The van der Waals surface area contributed by atoms with E-state index in [1.807, 2.05) is 11.5 Å². The highest BCUT2D eigenvalue weighted by atomic mass is 35.5. The highest BCUT2D eigenvalue weighted by Gasteiger charge is 2.39. The maximum Gasteiger partial charge on any atom is 0.332 e. The molecule has 0 unspecified atom stereocenters. The number of alkyl halides is 2. The topological polar surface area (TPSA) is 131 Å². The number of hydrazine groups is 1. The van der Waals surface area contributed by atoms with Gasteiger partial charge in [0, 0.05) is 22.7 Å². The average molecular weight is 405 g/mol.